The average molecular weight is 390 g/mol. The number of halogens is 2. The van der Waals surface area contributed by atoms with Crippen molar-refractivity contribution in [3.63, 3.8) is 0 Å². The van der Waals surface area contributed by atoms with Gasteiger partial charge in [-0.05, 0) is 58.9 Å². The van der Waals surface area contributed by atoms with Gasteiger partial charge >= 0.3 is 0 Å². The van der Waals surface area contributed by atoms with Gasteiger partial charge in [0.1, 0.15) is 0 Å². The van der Waals surface area contributed by atoms with Crippen molar-refractivity contribution in [2.24, 2.45) is 0 Å². The summed E-state index contributed by atoms with van der Waals surface area (Å²) in [6.45, 7) is 0.688. The van der Waals surface area contributed by atoms with Gasteiger partial charge in [0.15, 0.2) is 0 Å². The Bertz CT molecular complexity index is 733. The monoisotopic (exact) mass is 388 g/mol. The lowest BCUT2D eigenvalue weighted by atomic mass is 10.2. The van der Waals surface area contributed by atoms with Crippen LogP contribution in [-0.2, 0) is 16.6 Å². The number of hydrogen-bond acceptors (Lipinski definition) is 3. The van der Waals surface area contributed by atoms with Gasteiger partial charge in [0.05, 0.1) is 10.6 Å². The second-order valence-electron chi connectivity index (χ2n) is 4.40. The van der Waals surface area contributed by atoms with Crippen LogP contribution < -0.4 is 10.0 Å². The van der Waals surface area contributed by atoms with Crippen LogP contribution in [0, 0.1) is 0 Å². The van der Waals surface area contributed by atoms with Crippen LogP contribution in [0.2, 0.25) is 5.02 Å². The minimum Gasteiger partial charge on any atom is -0.316 e. The molecule has 0 saturated heterocycles. The lowest BCUT2D eigenvalue weighted by Gasteiger charge is -2.10. The molecule has 0 bridgehead atoms. The van der Waals surface area contributed by atoms with Gasteiger partial charge in [-0.2, -0.15) is 0 Å². The maximum absolute atomic E-state index is 12.3. The fourth-order valence-electron chi connectivity index (χ4n) is 1.77. The minimum absolute atomic E-state index is 0.203. The zero-order valence-corrected chi connectivity index (χ0v) is 14.4. The summed E-state index contributed by atoms with van der Waals surface area (Å²) in [5.74, 6) is 0. The first-order valence-corrected chi connectivity index (χ1v) is 8.79. The number of sulfonamides is 1. The van der Waals surface area contributed by atoms with Crippen LogP contribution in [0.4, 0.5) is 5.69 Å². The molecule has 0 atom stereocenters. The molecule has 0 aliphatic rings. The number of hydrogen-bond donors (Lipinski definition) is 2. The van der Waals surface area contributed by atoms with Gasteiger partial charge in [0, 0.05) is 16.0 Å². The van der Waals surface area contributed by atoms with Crippen LogP contribution in [0.3, 0.4) is 0 Å². The molecule has 4 nitrogen and oxygen atoms in total. The summed E-state index contributed by atoms with van der Waals surface area (Å²) in [5.41, 5.74) is 1.42. The molecule has 21 heavy (non-hydrogen) atoms. The average Bonchev–Trinajstić information content (AvgIpc) is 2.44. The fourth-order valence-corrected chi connectivity index (χ4v) is 3.49. The molecule has 0 saturated carbocycles. The lowest BCUT2D eigenvalue weighted by molar-refractivity contribution is 0.601. The van der Waals surface area contributed by atoms with Crippen LogP contribution in [-0.4, -0.2) is 15.5 Å². The van der Waals surface area contributed by atoms with Crippen molar-refractivity contribution in [2.45, 2.75) is 11.4 Å². The van der Waals surface area contributed by atoms with Crippen molar-refractivity contribution in [2.75, 3.05) is 11.8 Å². The lowest BCUT2D eigenvalue weighted by Crippen LogP contribution is -2.13. The Labute approximate surface area is 137 Å². The van der Waals surface area contributed by atoms with E-state index in [1.165, 1.54) is 0 Å². The van der Waals surface area contributed by atoms with E-state index in [1.54, 1.807) is 42.5 Å². The van der Waals surface area contributed by atoms with E-state index in [0.717, 1.165) is 5.56 Å². The molecule has 0 aliphatic heterocycles. The normalized spacial score (nSPS) is 11.4. The first-order chi connectivity index (χ1) is 9.92. The highest BCUT2D eigenvalue weighted by molar-refractivity contribution is 9.10. The summed E-state index contributed by atoms with van der Waals surface area (Å²) < 4.78 is 27.8. The SMILES string of the molecule is CNCc1ccc(S(=O)(=O)Nc2cc(Cl)ccc2Br)cc1. The number of benzene rings is 2. The Kier molecular flexibility index (Phi) is 5.27. The van der Waals surface area contributed by atoms with E-state index in [4.69, 9.17) is 11.6 Å². The molecule has 2 rings (SSSR count). The largest absolute Gasteiger partial charge is 0.316 e. The van der Waals surface area contributed by atoms with Gasteiger partial charge < -0.3 is 5.32 Å². The van der Waals surface area contributed by atoms with Gasteiger partial charge in [0.2, 0.25) is 0 Å². The second kappa shape index (κ2) is 6.79. The van der Waals surface area contributed by atoms with E-state index >= 15 is 0 Å². The molecule has 0 heterocycles. The molecule has 2 N–H and O–H groups in total. The molecule has 112 valence electrons. The summed E-state index contributed by atoms with van der Waals surface area (Å²) in [6.07, 6.45) is 0. The van der Waals surface area contributed by atoms with E-state index in [-0.39, 0.29) is 4.90 Å². The molecule has 0 radical (unpaired) electrons. The van der Waals surface area contributed by atoms with Crippen molar-refractivity contribution in [3.05, 3.63) is 57.5 Å². The minimum atomic E-state index is -3.64. The number of rotatable bonds is 5. The third-order valence-electron chi connectivity index (χ3n) is 2.79. The number of nitrogens with one attached hydrogen (secondary N) is 2. The summed E-state index contributed by atoms with van der Waals surface area (Å²) >= 11 is 9.18. The molecule has 0 aromatic heterocycles. The molecule has 2 aromatic rings. The second-order valence-corrected chi connectivity index (χ2v) is 7.38. The van der Waals surface area contributed by atoms with E-state index in [9.17, 15) is 8.42 Å². The standard InChI is InChI=1S/C14H14BrClN2O2S/c1-17-9-10-2-5-12(6-3-10)21(19,20)18-14-8-11(16)4-7-13(14)15/h2-8,17-18H,9H2,1H3. The van der Waals surface area contributed by atoms with Gasteiger partial charge in [-0.25, -0.2) is 8.42 Å². The summed E-state index contributed by atoms with van der Waals surface area (Å²) in [5, 5.41) is 3.47. The zero-order chi connectivity index (χ0) is 15.5. The molecule has 2 aromatic carbocycles. The first-order valence-electron chi connectivity index (χ1n) is 6.14. The predicted molar refractivity (Wildman–Crippen MR) is 89.2 cm³/mol. The van der Waals surface area contributed by atoms with Gasteiger partial charge in [-0.15, -0.1) is 0 Å². The van der Waals surface area contributed by atoms with Crippen LogP contribution >= 0.6 is 27.5 Å². The van der Waals surface area contributed by atoms with Crippen molar-refractivity contribution in [1.29, 1.82) is 0 Å². The highest BCUT2D eigenvalue weighted by Gasteiger charge is 2.15. The quantitative estimate of drug-likeness (QED) is 0.821. The third kappa shape index (κ3) is 4.20. The first kappa shape index (κ1) is 16.3. The number of anilines is 1. The van der Waals surface area contributed by atoms with E-state index in [2.05, 4.69) is 26.0 Å². The van der Waals surface area contributed by atoms with Gasteiger partial charge in [-0.3, -0.25) is 4.72 Å². The molecule has 0 aliphatic carbocycles. The Hall–Kier alpha value is -1.08. The Balaban J connectivity index is 2.27. The van der Waals surface area contributed by atoms with Crippen LogP contribution in [0.15, 0.2) is 51.8 Å². The molecule has 0 unspecified atom stereocenters. The summed E-state index contributed by atoms with van der Waals surface area (Å²) in [4.78, 5) is 0.203. The predicted octanol–water partition coefficient (Wildman–Crippen LogP) is 3.62. The topological polar surface area (TPSA) is 58.2 Å². The van der Waals surface area contributed by atoms with Crippen molar-refractivity contribution in [1.82, 2.24) is 5.32 Å². The molecule has 0 amide bonds. The highest BCUT2D eigenvalue weighted by Crippen LogP contribution is 2.28. The smallest absolute Gasteiger partial charge is 0.261 e. The van der Waals surface area contributed by atoms with Crippen molar-refractivity contribution >= 4 is 43.2 Å². The molecule has 7 heteroatoms. The van der Waals surface area contributed by atoms with Crippen molar-refractivity contribution in [3.8, 4) is 0 Å². The Morgan fingerprint density at radius 2 is 1.81 bits per heavy atom. The van der Waals surface area contributed by atoms with Crippen LogP contribution in [0.1, 0.15) is 5.56 Å². The fraction of sp³-hybridized carbons (Fsp3) is 0.143. The third-order valence-corrected chi connectivity index (χ3v) is 5.10. The van der Waals surface area contributed by atoms with E-state index in [0.29, 0.717) is 21.7 Å². The Morgan fingerprint density at radius 1 is 1.14 bits per heavy atom. The molecular weight excluding hydrogens is 376 g/mol. The molecular formula is C14H14BrClN2O2S. The Morgan fingerprint density at radius 3 is 2.43 bits per heavy atom. The van der Waals surface area contributed by atoms with Gasteiger partial charge in [0.25, 0.3) is 10.0 Å². The maximum atomic E-state index is 12.3. The highest BCUT2D eigenvalue weighted by atomic mass is 79.9. The van der Waals surface area contributed by atoms with Gasteiger partial charge in [-0.1, -0.05) is 23.7 Å². The molecule has 0 fully saturated rings. The van der Waals surface area contributed by atoms with Crippen LogP contribution in [0.5, 0.6) is 0 Å². The summed E-state index contributed by atoms with van der Waals surface area (Å²) in [7, 11) is -1.81. The zero-order valence-electron chi connectivity index (χ0n) is 11.2. The van der Waals surface area contributed by atoms with E-state index < -0.39 is 10.0 Å². The van der Waals surface area contributed by atoms with E-state index in [1.807, 2.05) is 7.05 Å². The van der Waals surface area contributed by atoms with Crippen molar-refractivity contribution < 1.29 is 8.42 Å². The molecule has 0 spiro atoms. The maximum Gasteiger partial charge on any atom is 0.261 e. The van der Waals surface area contributed by atoms with Crippen LogP contribution in [0.25, 0.3) is 0 Å². The summed E-state index contributed by atoms with van der Waals surface area (Å²) in [6, 6.07) is 11.6.